The maximum absolute atomic E-state index is 13.1. The highest BCUT2D eigenvalue weighted by Gasteiger charge is 2.27. The van der Waals surface area contributed by atoms with Gasteiger partial charge in [0.05, 0.1) is 10.7 Å². The summed E-state index contributed by atoms with van der Waals surface area (Å²) in [7, 11) is 0. The number of carbonyl (C=O) groups excluding carboxylic acids is 1. The molecule has 3 N–H and O–H groups in total. The van der Waals surface area contributed by atoms with Gasteiger partial charge in [-0.25, -0.2) is 10.1 Å². The van der Waals surface area contributed by atoms with E-state index in [-0.39, 0.29) is 17.3 Å². The van der Waals surface area contributed by atoms with Crippen LogP contribution in [0.2, 0.25) is 10.0 Å². The number of benzene rings is 1. The van der Waals surface area contributed by atoms with Crippen molar-refractivity contribution < 1.29 is 9.42 Å². The van der Waals surface area contributed by atoms with Gasteiger partial charge in [0, 0.05) is 17.1 Å². The van der Waals surface area contributed by atoms with Gasteiger partial charge in [-0.3, -0.25) is 9.69 Å². The summed E-state index contributed by atoms with van der Waals surface area (Å²) >= 11 is 12.2. The van der Waals surface area contributed by atoms with E-state index in [1.807, 2.05) is 0 Å². The second-order valence-electron chi connectivity index (χ2n) is 7.02. The number of likely N-dealkylation sites (tertiary alicyclic amines) is 1. The van der Waals surface area contributed by atoms with Crippen molar-refractivity contribution in [1.82, 2.24) is 35.6 Å². The molecule has 1 aliphatic rings. The average molecular weight is 464 g/mol. The van der Waals surface area contributed by atoms with Crippen LogP contribution in [0.15, 0.2) is 27.9 Å². The number of anilines is 1. The van der Waals surface area contributed by atoms with Crippen molar-refractivity contribution in [1.29, 1.82) is 0 Å². The number of carbonyl (C=O) groups is 1. The molecule has 0 spiro atoms. The predicted molar refractivity (Wildman–Crippen MR) is 114 cm³/mol. The van der Waals surface area contributed by atoms with E-state index in [2.05, 4.69) is 40.7 Å². The SMILES string of the molecule is CC(=NNC(=O)c1c(CN2CCCC2)nnn1-c1nonc1N)c1ccc(Cl)cc1Cl. The third-order valence-corrected chi connectivity index (χ3v) is 5.42. The molecule has 1 amide bonds. The van der Waals surface area contributed by atoms with E-state index in [4.69, 9.17) is 28.9 Å². The maximum Gasteiger partial charge on any atom is 0.292 e. The Kier molecular flexibility index (Phi) is 6.16. The summed E-state index contributed by atoms with van der Waals surface area (Å²) in [6, 6.07) is 5.02. The Morgan fingerprint density at radius 3 is 2.74 bits per heavy atom. The average Bonchev–Trinajstić information content (AvgIpc) is 3.47. The predicted octanol–water partition coefficient (Wildman–Crippen LogP) is 2.29. The highest BCUT2D eigenvalue weighted by atomic mass is 35.5. The van der Waals surface area contributed by atoms with Gasteiger partial charge in [0.25, 0.3) is 5.91 Å². The van der Waals surface area contributed by atoms with Crippen molar-refractivity contribution in [2.75, 3.05) is 18.8 Å². The topological polar surface area (TPSA) is 140 Å². The zero-order valence-corrected chi connectivity index (χ0v) is 18.1. The summed E-state index contributed by atoms with van der Waals surface area (Å²) in [5.41, 5.74) is 10.1. The second kappa shape index (κ2) is 9.00. The second-order valence-corrected chi connectivity index (χ2v) is 7.86. The van der Waals surface area contributed by atoms with Crippen LogP contribution in [0.3, 0.4) is 0 Å². The smallest absolute Gasteiger partial charge is 0.292 e. The van der Waals surface area contributed by atoms with E-state index >= 15 is 0 Å². The molecule has 0 atom stereocenters. The molecule has 2 aromatic heterocycles. The number of amides is 1. The number of rotatable bonds is 6. The number of halogens is 2. The summed E-state index contributed by atoms with van der Waals surface area (Å²) in [4.78, 5) is 15.3. The van der Waals surface area contributed by atoms with Crippen LogP contribution in [-0.4, -0.2) is 54.9 Å². The zero-order valence-electron chi connectivity index (χ0n) is 16.5. The van der Waals surface area contributed by atoms with Crippen LogP contribution in [-0.2, 0) is 6.54 Å². The van der Waals surface area contributed by atoms with Gasteiger partial charge >= 0.3 is 0 Å². The zero-order chi connectivity index (χ0) is 22.0. The van der Waals surface area contributed by atoms with E-state index < -0.39 is 5.91 Å². The molecule has 31 heavy (non-hydrogen) atoms. The molecule has 3 heterocycles. The van der Waals surface area contributed by atoms with Crippen molar-refractivity contribution in [3.63, 3.8) is 0 Å². The molecule has 1 saturated heterocycles. The van der Waals surface area contributed by atoms with Crippen molar-refractivity contribution in [3.8, 4) is 5.82 Å². The van der Waals surface area contributed by atoms with E-state index in [0.29, 0.717) is 33.6 Å². The molecular formula is C18H19Cl2N9O2. The van der Waals surface area contributed by atoms with E-state index in [1.54, 1.807) is 25.1 Å². The first-order chi connectivity index (χ1) is 14.9. The lowest BCUT2D eigenvalue weighted by molar-refractivity contribution is 0.0945. The number of hydrogen-bond acceptors (Lipinski definition) is 9. The molecular weight excluding hydrogens is 445 g/mol. The monoisotopic (exact) mass is 463 g/mol. The fourth-order valence-corrected chi connectivity index (χ4v) is 3.86. The quantitative estimate of drug-likeness (QED) is 0.418. The van der Waals surface area contributed by atoms with Gasteiger partial charge in [-0.15, -0.1) is 5.10 Å². The largest absolute Gasteiger partial charge is 0.378 e. The van der Waals surface area contributed by atoms with Gasteiger partial charge in [0.2, 0.25) is 11.6 Å². The van der Waals surface area contributed by atoms with Crippen LogP contribution in [0.25, 0.3) is 5.82 Å². The molecule has 0 radical (unpaired) electrons. The summed E-state index contributed by atoms with van der Waals surface area (Å²) < 4.78 is 5.85. The first-order valence-corrected chi connectivity index (χ1v) is 10.2. The summed E-state index contributed by atoms with van der Waals surface area (Å²) in [6.07, 6.45) is 2.20. The first-order valence-electron chi connectivity index (χ1n) is 9.49. The van der Waals surface area contributed by atoms with E-state index in [0.717, 1.165) is 25.9 Å². The van der Waals surface area contributed by atoms with Gasteiger partial charge in [-0.2, -0.15) is 9.78 Å². The van der Waals surface area contributed by atoms with Crippen molar-refractivity contribution in [3.05, 3.63) is 45.2 Å². The van der Waals surface area contributed by atoms with Gasteiger partial charge in [-0.1, -0.05) is 34.5 Å². The van der Waals surface area contributed by atoms with Gasteiger partial charge in [-0.05, 0) is 55.3 Å². The number of aromatic nitrogens is 5. The minimum absolute atomic E-state index is 0.0145. The van der Waals surface area contributed by atoms with E-state index in [9.17, 15) is 4.79 Å². The van der Waals surface area contributed by atoms with Crippen molar-refractivity contribution in [2.45, 2.75) is 26.3 Å². The Morgan fingerprint density at radius 2 is 2.06 bits per heavy atom. The fourth-order valence-electron chi connectivity index (χ4n) is 3.32. The lowest BCUT2D eigenvalue weighted by Crippen LogP contribution is -2.26. The molecule has 11 nitrogen and oxygen atoms in total. The highest BCUT2D eigenvalue weighted by molar-refractivity contribution is 6.37. The summed E-state index contributed by atoms with van der Waals surface area (Å²) in [6.45, 7) is 4.02. The first kappa shape index (κ1) is 21.2. The van der Waals surface area contributed by atoms with Crippen LogP contribution in [0.5, 0.6) is 0 Å². The Labute approximate surface area is 187 Å². The molecule has 0 saturated carbocycles. The Bertz CT molecular complexity index is 1140. The number of nitrogens with two attached hydrogens (primary N) is 1. The molecule has 162 valence electrons. The third-order valence-electron chi connectivity index (χ3n) is 4.87. The normalized spacial score (nSPS) is 14.9. The number of hydrogen-bond donors (Lipinski definition) is 2. The molecule has 0 aliphatic carbocycles. The lowest BCUT2D eigenvalue weighted by atomic mass is 10.1. The van der Waals surface area contributed by atoms with Gasteiger partial charge < -0.3 is 5.73 Å². The molecule has 1 aromatic carbocycles. The fraction of sp³-hybridized carbons (Fsp3) is 0.333. The molecule has 13 heteroatoms. The molecule has 0 unspecified atom stereocenters. The number of nitrogens with zero attached hydrogens (tertiary/aromatic N) is 7. The van der Waals surface area contributed by atoms with Crippen LogP contribution in [0.1, 0.15) is 41.5 Å². The van der Waals surface area contributed by atoms with Crippen LogP contribution < -0.4 is 11.2 Å². The number of nitrogen functional groups attached to an aromatic ring is 1. The Morgan fingerprint density at radius 1 is 1.29 bits per heavy atom. The molecule has 4 rings (SSSR count). The van der Waals surface area contributed by atoms with Crippen LogP contribution >= 0.6 is 23.2 Å². The highest BCUT2D eigenvalue weighted by Crippen LogP contribution is 2.22. The van der Waals surface area contributed by atoms with Crippen LogP contribution in [0, 0.1) is 0 Å². The van der Waals surface area contributed by atoms with Gasteiger partial charge in [0.1, 0.15) is 5.69 Å². The van der Waals surface area contributed by atoms with Crippen molar-refractivity contribution in [2.24, 2.45) is 5.10 Å². The number of nitrogens with one attached hydrogen (secondary N) is 1. The summed E-state index contributed by atoms with van der Waals surface area (Å²) in [5, 5.41) is 20.6. The summed E-state index contributed by atoms with van der Waals surface area (Å²) in [5.74, 6) is -0.475. The molecule has 1 fully saturated rings. The lowest BCUT2D eigenvalue weighted by Gasteiger charge is -2.13. The Balaban J connectivity index is 1.63. The van der Waals surface area contributed by atoms with Crippen LogP contribution in [0.4, 0.5) is 5.82 Å². The standard InChI is InChI=1S/C18H19Cl2N9O2/c1-10(12-5-4-11(19)8-13(12)20)22-24-18(30)15-14(9-28-6-2-3-7-28)23-27-29(15)17-16(21)25-31-26-17/h4-5,8H,2-3,6-7,9H2,1H3,(H2,21,25)(H,24,30). The molecule has 1 aliphatic heterocycles. The van der Waals surface area contributed by atoms with Crippen molar-refractivity contribution >= 4 is 40.6 Å². The molecule has 3 aromatic rings. The number of hydrazone groups is 1. The minimum Gasteiger partial charge on any atom is -0.378 e. The maximum atomic E-state index is 13.1. The Hall–Kier alpha value is -3.02. The molecule has 0 bridgehead atoms. The van der Waals surface area contributed by atoms with Gasteiger partial charge in [0.15, 0.2) is 5.69 Å². The van der Waals surface area contributed by atoms with E-state index in [1.165, 1.54) is 4.68 Å². The third kappa shape index (κ3) is 4.53. The minimum atomic E-state index is -0.536.